The lowest BCUT2D eigenvalue weighted by atomic mass is 10.1. The molecular formula is C12H16FN3O. The maximum absolute atomic E-state index is 13.0. The van der Waals surface area contributed by atoms with Gasteiger partial charge in [0.1, 0.15) is 11.9 Å². The van der Waals surface area contributed by atoms with Gasteiger partial charge < -0.3 is 16.0 Å². The van der Waals surface area contributed by atoms with Crippen LogP contribution in [0.1, 0.15) is 13.3 Å². The number of amides is 1. The zero-order chi connectivity index (χ0) is 12.4. The van der Waals surface area contributed by atoms with Crippen LogP contribution in [-0.2, 0) is 4.79 Å². The fourth-order valence-electron chi connectivity index (χ4n) is 2.20. The molecule has 1 aliphatic rings. The van der Waals surface area contributed by atoms with Gasteiger partial charge in [-0.1, -0.05) is 6.92 Å². The summed E-state index contributed by atoms with van der Waals surface area (Å²) >= 11 is 0. The Labute approximate surface area is 99.6 Å². The molecule has 0 aromatic heterocycles. The monoisotopic (exact) mass is 237 g/mol. The zero-order valence-electron chi connectivity index (χ0n) is 9.74. The Bertz CT molecular complexity index is 436. The summed E-state index contributed by atoms with van der Waals surface area (Å²) < 4.78 is 13.0. The van der Waals surface area contributed by atoms with Crippen molar-refractivity contribution in [1.82, 2.24) is 5.32 Å². The third kappa shape index (κ3) is 2.18. The lowest BCUT2D eigenvalue weighted by Crippen LogP contribution is -2.55. The summed E-state index contributed by atoms with van der Waals surface area (Å²) in [7, 11) is 0. The first-order valence-corrected chi connectivity index (χ1v) is 5.73. The van der Waals surface area contributed by atoms with E-state index in [-0.39, 0.29) is 17.8 Å². The molecule has 1 aliphatic heterocycles. The summed E-state index contributed by atoms with van der Waals surface area (Å²) in [6.07, 6.45) is 0.697. The van der Waals surface area contributed by atoms with Crippen molar-refractivity contribution in [2.75, 3.05) is 23.7 Å². The van der Waals surface area contributed by atoms with Crippen molar-refractivity contribution in [1.29, 1.82) is 0 Å². The largest absolute Gasteiger partial charge is 0.397 e. The molecule has 5 heteroatoms. The summed E-state index contributed by atoms with van der Waals surface area (Å²) in [5, 5.41) is 2.82. The third-order valence-electron chi connectivity index (χ3n) is 3.02. The highest BCUT2D eigenvalue weighted by molar-refractivity contribution is 5.88. The molecule has 1 fully saturated rings. The predicted octanol–water partition coefficient (Wildman–Crippen LogP) is 1.12. The lowest BCUT2D eigenvalue weighted by Gasteiger charge is -2.36. The molecule has 4 nitrogen and oxygen atoms in total. The van der Waals surface area contributed by atoms with Gasteiger partial charge in [0.15, 0.2) is 0 Å². The van der Waals surface area contributed by atoms with Crippen molar-refractivity contribution in [3.63, 3.8) is 0 Å². The molecule has 1 heterocycles. The minimum Gasteiger partial charge on any atom is -0.397 e. The Morgan fingerprint density at radius 3 is 3.00 bits per heavy atom. The van der Waals surface area contributed by atoms with E-state index in [0.29, 0.717) is 25.2 Å². The van der Waals surface area contributed by atoms with Crippen LogP contribution in [0.4, 0.5) is 15.8 Å². The zero-order valence-corrected chi connectivity index (χ0v) is 9.74. The molecule has 92 valence electrons. The first kappa shape index (κ1) is 11.7. The summed E-state index contributed by atoms with van der Waals surface area (Å²) in [5.41, 5.74) is 6.90. The van der Waals surface area contributed by atoms with Gasteiger partial charge in [-0.3, -0.25) is 4.79 Å². The Kier molecular flexibility index (Phi) is 3.17. The number of carbonyl (C=O) groups is 1. The number of halogens is 1. The second-order valence-corrected chi connectivity index (χ2v) is 4.11. The summed E-state index contributed by atoms with van der Waals surface area (Å²) in [4.78, 5) is 13.7. The predicted molar refractivity (Wildman–Crippen MR) is 65.2 cm³/mol. The second kappa shape index (κ2) is 4.61. The number of carbonyl (C=O) groups excluding carboxylic acids is 1. The maximum atomic E-state index is 13.0. The number of nitrogens with one attached hydrogen (secondary N) is 1. The molecule has 0 bridgehead atoms. The number of nitrogens with two attached hydrogens (primary N) is 1. The Morgan fingerprint density at radius 2 is 2.35 bits per heavy atom. The molecule has 1 amide bonds. The van der Waals surface area contributed by atoms with Crippen LogP contribution in [0.15, 0.2) is 18.2 Å². The average Bonchev–Trinajstić information content (AvgIpc) is 2.29. The number of benzene rings is 1. The van der Waals surface area contributed by atoms with Crippen molar-refractivity contribution in [3.8, 4) is 0 Å². The van der Waals surface area contributed by atoms with Crippen LogP contribution in [0.5, 0.6) is 0 Å². The van der Waals surface area contributed by atoms with Crippen LogP contribution in [0, 0.1) is 5.82 Å². The molecule has 0 spiro atoms. The van der Waals surface area contributed by atoms with Gasteiger partial charge in [-0.05, 0) is 24.6 Å². The van der Waals surface area contributed by atoms with Crippen LogP contribution in [0.2, 0.25) is 0 Å². The first-order chi connectivity index (χ1) is 8.13. The molecular weight excluding hydrogens is 221 g/mol. The van der Waals surface area contributed by atoms with E-state index in [1.807, 2.05) is 11.8 Å². The van der Waals surface area contributed by atoms with E-state index in [4.69, 9.17) is 5.73 Å². The highest BCUT2D eigenvalue weighted by Crippen LogP contribution is 2.27. The molecule has 1 unspecified atom stereocenters. The first-order valence-electron chi connectivity index (χ1n) is 5.73. The number of nitrogens with zero attached hydrogens (tertiary/aromatic N) is 1. The summed E-state index contributed by atoms with van der Waals surface area (Å²) in [6, 6.07) is 4.06. The average molecular weight is 237 g/mol. The van der Waals surface area contributed by atoms with Crippen LogP contribution in [0.3, 0.4) is 0 Å². The number of piperazine rings is 1. The Morgan fingerprint density at radius 1 is 1.59 bits per heavy atom. The quantitative estimate of drug-likeness (QED) is 0.758. The number of hydrogen-bond donors (Lipinski definition) is 2. The van der Waals surface area contributed by atoms with Gasteiger partial charge in [-0.2, -0.15) is 0 Å². The van der Waals surface area contributed by atoms with E-state index >= 15 is 0 Å². The topological polar surface area (TPSA) is 58.4 Å². The Hall–Kier alpha value is -1.78. The van der Waals surface area contributed by atoms with Gasteiger partial charge in [-0.15, -0.1) is 0 Å². The van der Waals surface area contributed by atoms with Crippen molar-refractivity contribution >= 4 is 17.3 Å². The van der Waals surface area contributed by atoms with Gasteiger partial charge in [-0.25, -0.2) is 4.39 Å². The number of hydrogen-bond acceptors (Lipinski definition) is 3. The molecule has 0 aliphatic carbocycles. The normalized spacial score (nSPS) is 20.2. The minimum atomic E-state index is -0.360. The number of nitrogen functional groups attached to an aromatic ring is 1. The lowest BCUT2D eigenvalue weighted by molar-refractivity contribution is -0.123. The molecule has 2 rings (SSSR count). The molecule has 0 radical (unpaired) electrons. The van der Waals surface area contributed by atoms with Gasteiger partial charge in [0.05, 0.1) is 11.4 Å². The van der Waals surface area contributed by atoms with Crippen molar-refractivity contribution in [2.24, 2.45) is 0 Å². The van der Waals surface area contributed by atoms with E-state index in [1.54, 1.807) is 6.07 Å². The highest BCUT2D eigenvalue weighted by atomic mass is 19.1. The van der Waals surface area contributed by atoms with Crippen LogP contribution < -0.4 is 16.0 Å². The minimum absolute atomic E-state index is 0.00229. The molecule has 1 atom stereocenters. The summed E-state index contributed by atoms with van der Waals surface area (Å²) in [6.45, 7) is 3.23. The molecule has 3 N–H and O–H groups in total. The van der Waals surface area contributed by atoms with E-state index in [2.05, 4.69) is 5.32 Å². The van der Waals surface area contributed by atoms with Gasteiger partial charge in [0.25, 0.3) is 0 Å². The van der Waals surface area contributed by atoms with Crippen molar-refractivity contribution < 1.29 is 9.18 Å². The number of anilines is 2. The number of rotatable bonds is 2. The third-order valence-corrected chi connectivity index (χ3v) is 3.02. The standard InChI is InChI=1S/C12H16FN3O/c1-2-10-12(17)15-5-6-16(10)11-4-3-8(13)7-9(11)14/h3-4,7,10H,2,5-6,14H2,1H3,(H,15,17). The van der Waals surface area contributed by atoms with E-state index in [0.717, 1.165) is 5.69 Å². The van der Waals surface area contributed by atoms with E-state index in [9.17, 15) is 9.18 Å². The highest BCUT2D eigenvalue weighted by Gasteiger charge is 2.29. The Balaban J connectivity index is 2.33. The second-order valence-electron chi connectivity index (χ2n) is 4.11. The van der Waals surface area contributed by atoms with Crippen LogP contribution in [-0.4, -0.2) is 25.0 Å². The van der Waals surface area contributed by atoms with Crippen molar-refractivity contribution in [3.05, 3.63) is 24.0 Å². The van der Waals surface area contributed by atoms with E-state index < -0.39 is 0 Å². The van der Waals surface area contributed by atoms with Gasteiger partial charge in [0.2, 0.25) is 5.91 Å². The molecule has 1 aromatic rings. The molecule has 0 saturated carbocycles. The molecule has 1 aromatic carbocycles. The molecule has 1 saturated heterocycles. The van der Waals surface area contributed by atoms with Gasteiger partial charge in [0, 0.05) is 13.1 Å². The maximum Gasteiger partial charge on any atom is 0.242 e. The van der Waals surface area contributed by atoms with Crippen LogP contribution >= 0.6 is 0 Å². The molecule has 17 heavy (non-hydrogen) atoms. The van der Waals surface area contributed by atoms with Gasteiger partial charge >= 0.3 is 0 Å². The summed E-state index contributed by atoms with van der Waals surface area (Å²) in [5.74, 6) is -0.358. The smallest absolute Gasteiger partial charge is 0.242 e. The van der Waals surface area contributed by atoms with E-state index in [1.165, 1.54) is 12.1 Å². The van der Waals surface area contributed by atoms with Crippen molar-refractivity contribution in [2.45, 2.75) is 19.4 Å². The SMILES string of the molecule is CCC1C(=O)NCCN1c1ccc(F)cc1N. The fourth-order valence-corrected chi connectivity index (χ4v) is 2.20. The fraction of sp³-hybridized carbons (Fsp3) is 0.417. The van der Waals surface area contributed by atoms with Crippen LogP contribution in [0.25, 0.3) is 0 Å².